The van der Waals surface area contributed by atoms with Gasteiger partial charge in [0, 0.05) is 11.6 Å². The summed E-state index contributed by atoms with van der Waals surface area (Å²) < 4.78 is 5.64. The molecular weight excluding hydrogens is 296 g/mol. The quantitative estimate of drug-likeness (QED) is 0.486. The Morgan fingerprint density at radius 2 is 1.78 bits per heavy atom. The molecule has 23 heavy (non-hydrogen) atoms. The average Bonchev–Trinajstić information content (AvgIpc) is 2.54. The Labute approximate surface area is 133 Å². The Balaban J connectivity index is 2.09. The van der Waals surface area contributed by atoms with E-state index in [0.29, 0.717) is 24.0 Å². The molecule has 118 valence electrons. The molecule has 2 rings (SSSR count). The Morgan fingerprint density at radius 1 is 1.09 bits per heavy atom. The van der Waals surface area contributed by atoms with Crippen molar-refractivity contribution in [3.05, 3.63) is 71.3 Å². The number of carbonyl (C=O) groups excluding carboxylic acids is 1. The van der Waals surface area contributed by atoms with Gasteiger partial charge in [-0.2, -0.15) is 0 Å². The third-order valence-corrected chi connectivity index (χ3v) is 3.13. The molecule has 0 heterocycles. The number of ether oxygens (including phenoxy) is 1. The van der Waals surface area contributed by atoms with Gasteiger partial charge in [0.05, 0.1) is 0 Å². The smallest absolute Gasteiger partial charge is 0.376 e. The molecule has 0 atom stereocenters. The number of hydrogen-bond donors (Lipinski definition) is 2. The molecule has 2 aromatic carbocycles. The van der Waals surface area contributed by atoms with Gasteiger partial charge in [-0.1, -0.05) is 42.0 Å². The maximum absolute atomic E-state index is 11.1. The summed E-state index contributed by atoms with van der Waals surface area (Å²) in [6.07, 6.45) is 0.668. The van der Waals surface area contributed by atoms with Gasteiger partial charge in [-0.05, 0) is 24.6 Å². The van der Waals surface area contributed by atoms with E-state index in [1.165, 1.54) is 6.07 Å². The lowest BCUT2D eigenvalue weighted by atomic mass is 10.1. The van der Waals surface area contributed by atoms with E-state index in [1.807, 2.05) is 31.2 Å². The molecule has 0 radical (unpaired) electrons. The van der Waals surface area contributed by atoms with Gasteiger partial charge in [0.15, 0.2) is 0 Å². The summed E-state index contributed by atoms with van der Waals surface area (Å²) in [5.74, 6) is -2.72. The summed E-state index contributed by atoms with van der Waals surface area (Å²) in [7, 11) is 0. The Bertz CT molecular complexity index is 744. The van der Waals surface area contributed by atoms with E-state index in [4.69, 9.17) is 9.84 Å². The zero-order valence-electron chi connectivity index (χ0n) is 12.5. The van der Waals surface area contributed by atoms with Crippen LogP contribution in [0.1, 0.15) is 16.7 Å². The fourth-order valence-corrected chi connectivity index (χ4v) is 1.87. The van der Waals surface area contributed by atoms with Crippen LogP contribution in [0, 0.1) is 6.92 Å². The fourth-order valence-electron chi connectivity index (χ4n) is 1.87. The highest BCUT2D eigenvalue weighted by atomic mass is 16.5. The predicted molar refractivity (Wildman–Crippen MR) is 85.2 cm³/mol. The lowest BCUT2D eigenvalue weighted by Gasteiger charge is -2.08. The molecule has 0 aromatic heterocycles. The van der Waals surface area contributed by atoms with E-state index in [0.717, 1.165) is 11.1 Å². The fraction of sp³-hybridized carbons (Fsp3) is 0.111. The minimum absolute atomic E-state index is 0.306. The van der Waals surface area contributed by atoms with Crippen LogP contribution in [0.15, 0.2) is 54.6 Å². The zero-order chi connectivity index (χ0) is 16.8. The van der Waals surface area contributed by atoms with Crippen LogP contribution in [0.2, 0.25) is 0 Å². The lowest BCUT2D eigenvalue weighted by Crippen LogP contribution is -2.09. The van der Waals surface area contributed by atoms with Crippen LogP contribution in [-0.2, 0) is 16.2 Å². The van der Waals surface area contributed by atoms with Gasteiger partial charge in [0.25, 0.3) is 5.78 Å². The monoisotopic (exact) mass is 312 g/mol. The molecule has 2 N–H and O–H groups in total. The number of aliphatic hydroxyl groups excluding tert-OH is 1. The summed E-state index contributed by atoms with van der Waals surface area (Å²) in [5.41, 5.74) is 2.47. The molecule has 0 saturated heterocycles. The van der Waals surface area contributed by atoms with Crippen LogP contribution in [0.25, 0.3) is 5.76 Å². The van der Waals surface area contributed by atoms with E-state index in [1.54, 1.807) is 18.2 Å². The molecule has 0 amide bonds. The highest BCUT2D eigenvalue weighted by Crippen LogP contribution is 2.20. The number of benzene rings is 2. The molecule has 0 spiro atoms. The van der Waals surface area contributed by atoms with Crippen LogP contribution in [0.5, 0.6) is 5.75 Å². The summed E-state index contributed by atoms with van der Waals surface area (Å²) in [6, 6.07) is 14.3. The normalized spacial score (nSPS) is 11.1. The molecule has 0 fully saturated rings. The molecule has 0 aliphatic carbocycles. The van der Waals surface area contributed by atoms with Gasteiger partial charge in [0.2, 0.25) is 0 Å². The first-order valence-electron chi connectivity index (χ1n) is 6.92. The summed E-state index contributed by atoms with van der Waals surface area (Å²) in [4.78, 5) is 21.6. The van der Waals surface area contributed by atoms with Gasteiger partial charge in [-0.15, -0.1) is 0 Å². The zero-order valence-corrected chi connectivity index (χ0v) is 12.5. The van der Waals surface area contributed by atoms with Gasteiger partial charge >= 0.3 is 5.97 Å². The van der Waals surface area contributed by atoms with Gasteiger partial charge in [-0.25, -0.2) is 4.79 Å². The van der Waals surface area contributed by atoms with Crippen LogP contribution >= 0.6 is 0 Å². The second-order valence-corrected chi connectivity index (χ2v) is 5.00. The highest BCUT2D eigenvalue weighted by molar-refractivity contribution is 6.38. The van der Waals surface area contributed by atoms with Crippen molar-refractivity contribution in [3.8, 4) is 5.75 Å². The molecule has 0 aliphatic rings. The number of hydrogen-bond acceptors (Lipinski definition) is 4. The molecule has 0 aliphatic heterocycles. The van der Waals surface area contributed by atoms with Crippen molar-refractivity contribution in [1.82, 2.24) is 0 Å². The molecule has 0 bridgehead atoms. The van der Waals surface area contributed by atoms with E-state index in [-0.39, 0.29) is 0 Å². The third kappa shape index (κ3) is 4.71. The van der Waals surface area contributed by atoms with Gasteiger partial charge in [0.1, 0.15) is 18.1 Å². The van der Waals surface area contributed by atoms with E-state index in [9.17, 15) is 14.7 Å². The van der Waals surface area contributed by atoms with Crippen molar-refractivity contribution in [2.24, 2.45) is 0 Å². The first kappa shape index (κ1) is 16.3. The van der Waals surface area contributed by atoms with Crippen molar-refractivity contribution in [1.29, 1.82) is 0 Å². The predicted octanol–water partition coefficient (Wildman–Crippen LogP) is 3.13. The van der Waals surface area contributed by atoms with Gasteiger partial charge < -0.3 is 14.9 Å². The van der Waals surface area contributed by atoms with Crippen molar-refractivity contribution >= 4 is 17.5 Å². The van der Waals surface area contributed by atoms with E-state index in [2.05, 4.69) is 0 Å². The minimum atomic E-state index is -1.62. The van der Waals surface area contributed by atoms with Crippen molar-refractivity contribution < 1.29 is 24.5 Å². The Kier molecular flexibility index (Phi) is 5.15. The second-order valence-electron chi connectivity index (χ2n) is 5.00. The van der Waals surface area contributed by atoms with Crippen LogP contribution in [0.3, 0.4) is 0 Å². The Morgan fingerprint density at radius 3 is 2.43 bits per heavy atom. The standard InChI is InChI=1S/C18H16O5/c1-12-5-7-13(8-6-12)11-23-15-4-2-3-14(9-15)16(19)10-17(20)18(21)22/h2-10,19H,11H2,1H3,(H,21,22). The lowest BCUT2D eigenvalue weighted by molar-refractivity contribution is -0.146. The molecule has 5 nitrogen and oxygen atoms in total. The maximum Gasteiger partial charge on any atom is 0.376 e. The van der Waals surface area contributed by atoms with Gasteiger partial charge in [-0.3, -0.25) is 4.79 Å². The number of carbonyl (C=O) groups is 2. The van der Waals surface area contributed by atoms with Crippen molar-refractivity contribution in [2.45, 2.75) is 13.5 Å². The first-order valence-corrected chi connectivity index (χ1v) is 6.92. The topological polar surface area (TPSA) is 83.8 Å². The van der Waals surface area contributed by atoms with Crippen molar-refractivity contribution in [2.75, 3.05) is 0 Å². The highest BCUT2D eigenvalue weighted by Gasteiger charge is 2.11. The third-order valence-electron chi connectivity index (χ3n) is 3.13. The molecule has 0 saturated carbocycles. The number of aliphatic hydroxyl groups is 1. The number of aryl methyl sites for hydroxylation is 1. The molecule has 2 aromatic rings. The summed E-state index contributed by atoms with van der Waals surface area (Å²) in [6.45, 7) is 2.36. The van der Waals surface area contributed by atoms with Crippen molar-refractivity contribution in [3.63, 3.8) is 0 Å². The molecule has 0 unspecified atom stereocenters. The Hall–Kier alpha value is -3.08. The average molecular weight is 312 g/mol. The number of carboxylic acids is 1. The number of carboxylic acid groups (broad SMARTS) is 1. The first-order chi connectivity index (χ1) is 11.0. The van der Waals surface area contributed by atoms with E-state index >= 15 is 0 Å². The number of ketones is 1. The minimum Gasteiger partial charge on any atom is -0.507 e. The largest absolute Gasteiger partial charge is 0.507 e. The van der Waals surface area contributed by atoms with E-state index < -0.39 is 17.5 Å². The molecule has 5 heteroatoms. The maximum atomic E-state index is 11.1. The van der Waals surface area contributed by atoms with Crippen LogP contribution in [0.4, 0.5) is 0 Å². The number of rotatable bonds is 6. The summed E-state index contributed by atoms with van der Waals surface area (Å²) >= 11 is 0. The number of aliphatic carboxylic acids is 1. The second kappa shape index (κ2) is 7.26. The SMILES string of the molecule is Cc1ccc(COc2cccc(C(O)=CC(=O)C(=O)O)c2)cc1. The molecular formula is C18H16O5. The van der Waals surface area contributed by atoms with Crippen LogP contribution in [-0.4, -0.2) is 22.0 Å². The summed E-state index contributed by atoms with van der Waals surface area (Å²) in [5, 5.41) is 18.3. The van der Waals surface area contributed by atoms with Crippen LogP contribution < -0.4 is 4.74 Å².